The average molecular weight is 395 g/mol. The van der Waals surface area contributed by atoms with E-state index in [9.17, 15) is 4.79 Å². The molecule has 1 aliphatic heterocycles. The number of nitrogens with zero attached hydrogens (tertiary/aromatic N) is 1. The molecule has 1 N–H and O–H groups in total. The third-order valence-electron chi connectivity index (χ3n) is 4.69. The molecule has 0 aromatic heterocycles. The van der Waals surface area contributed by atoms with Gasteiger partial charge in [-0.3, -0.25) is 4.79 Å². The van der Waals surface area contributed by atoms with Crippen LogP contribution in [0.5, 0.6) is 0 Å². The van der Waals surface area contributed by atoms with E-state index in [1.165, 1.54) is 0 Å². The zero-order chi connectivity index (χ0) is 18.0. The maximum atomic E-state index is 13.2. The van der Waals surface area contributed by atoms with Crippen LogP contribution in [-0.2, 0) is 0 Å². The van der Waals surface area contributed by atoms with Crippen LogP contribution in [-0.4, -0.2) is 34.5 Å². The van der Waals surface area contributed by atoms with Gasteiger partial charge in [0, 0.05) is 33.7 Å². The summed E-state index contributed by atoms with van der Waals surface area (Å²) < 4.78 is 0.953. The molecule has 3 nitrogen and oxygen atoms in total. The Bertz CT molecular complexity index is 567. The number of amides is 1. The van der Waals surface area contributed by atoms with E-state index in [0.717, 1.165) is 42.3 Å². The topological polar surface area (TPSA) is 32.3 Å². The Hall–Kier alpha value is -0.870. The van der Waals surface area contributed by atoms with E-state index in [-0.39, 0.29) is 23.0 Å². The molecule has 0 radical (unpaired) electrons. The summed E-state index contributed by atoms with van der Waals surface area (Å²) in [5.74, 6) is 0.156. The minimum absolute atomic E-state index is 0.0361. The van der Waals surface area contributed by atoms with Crippen molar-refractivity contribution in [3.63, 3.8) is 0 Å². The van der Waals surface area contributed by atoms with Gasteiger partial charge < -0.3 is 10.2 Å². The number of unbranched alkanes of at least 4 members (excludes halogenated alkanes) is 1. The van der Waals surface area contributed by atoms with Crippen molar-refractivity contribution in [2.75, 3.05) is 6.54 Å². The first-order valence-corrected chi connectivity index (χ1v) is 9.79. The number of halogens is 1. The van der Waals surface area contributed by atoms with Crippen LogP contribution in [0.4, 0.5) is 0 Å². The van der Waals surface area contributed by atoms with E-state index in [2.05, 4.69) is 60.8 Å². The monoisotopic (exact) mass is 394 g/mol. The van der Waals surface area contributed by atoms with Crippen molar-refractivity contribution >= 4 is 21.8 Å². The summed E-state index contributed by atoms with van der Waals surface area (Å²) in [5, 5.41) is 3.72. The van der Waals surface area contributed by atoms with E-state index >= 15 is 0 Å². The highest BCUT2D eigenvalue weighted by Crippen LogP contribution is 2.32. The predicted molar refractivity (Wildman–Crippen MR) is 104 cm³/mol. The van der Waals surface area contributed by atoms with Gasteiger partial charge in [0.2, 0.25) is 0 Å². The van der Waals surface area contributed by atoms with Crippen LogP contribution in [0.3, 0.4) is 0 Å². The first-order chi connectivity index (χ1) is 11.1. The third kappa shape index (κ3) is 5.06. The lowest BCUT2D eigenvalue weighted by Gasteiger charge is -2.49. The minimum atomic E-state index is 0.0361. The lowest BCUT2D eigenvalue weighted by molar-refractivity contribution is 0.0441. The quantitative estimate of drug-likeness (QED) is 0.761. The lowest BCUT2D eigenvalue weighted by atomic mass is 9.78. The fourth-order valence-electron chi connectivity index (χ4n) is 4.05. The van der Waals surface area contributed by atoms with Crippen LogP contribution >= 0.6 is 15.9 Å². The van der Waals surface area contributed by atoms with Crippen LogP contribution in [0.1, 0.15) is 70.7 Å². The molecular weight excluding hydrogens is 364 g/mol. The largest absolute Gasteiger partial charge is 0.336 e. The van der Waals surface area contributed by atoms with Crippen molar-refractivity contribution in [3.05, 3.63) is 34.3 Å². The van der Waals surface area contributed by atoms with Crippen molar-refractivity contribution in [3.8, 4) is 0 Å². The average Bonchev–Trinajstić information content (AvgIpc) is 2.44. The van der Waals surface area contributed by atoms with Crippen molar-refractivity contribution < 1.29 is 4.79 Å². The third-order valence-corrected chi connectivity index (χ3v) is 5.19. The van der Waals surface area contributed by atoms with Gasteiger partial charge in [0.15, 0.2) is 0 Å². The number of carbonyl (C=O) groups excluding carboxylic acids is 1. The first-order valence-electron chi connectivity index (χ1n) is 8.99. The summed E-state index contributed by atoms with van der Waals surface area (Å²) >= 11 is 3.48. The van der Waals surface area contributed by atoms with Crippen LogP contribution in [0.25, 0.3) is 0 Å². The lowest BCUT2D eigenvalue weighted by Crippen LogP contribution is -2.62. The van der Waals surface area contributed by atoms with Gasteiger partial charge in [0.1, 0.15) is 0 Å². The number of nitrogens with one attached hydrogen (secondary N) is 1. The predicted octanol–water partition coefficient (Wildman–Crippen LogP) is 5.00. The Kier molecular flexibility index (Phi) is 6.14. The van der Waals surface area contributed by atoms with E-state index in [0.29, 0.717) is 0 Å². The van der Waals surface area contributed by atoms with Crippen LogP contribution < -0.4 is 5.32 Å². The molecule has 0 spiro atoms. The van der Waals surface area contributed by atoms with E-state index < -0.39 is 0 Å². The molecule has 0 bridgehead atoms. The van der Waals surface area contributed by atoms with Gasteiger partial charge >= 0.3 is 0 Å². The molecule has 0 aliphatic carbocycles. The van der Waals surface area contributed by atoms with Gasteiger partial charge in [-0.05, 0) is 65.2 Å². The van der Waals surface area contributed by atoms with E-state index in [1.807, 2.05) is 24.3 Å². The molecule has 1 heterocycles. The SMILES string of the molecule is CCCCN(C(=O)c1cccc(Br)c1)C1CC(C)(C)NC(C)(C)C1. The zero-order valence-corrected chi connectivity index (χ0v) is 17.2. The molecule has 1 aliphatic rings. The van der Waals surface area contributed by atoms with Crippen molar-refractivity contribution in [1.29, 1.82) is 0 Å². The molecule has 0 unspecified atom stereocenters. The molecule has 1 aromatic rings. The van der Waals surface area contributed by atoms with E-state index in [4.69, 9.17) is 0 Å². The molecule has 1 aromatic carbocycles. The van der Waals surface area contributed by atoms with Crippen molar-refractivity contribution in [1.82, 2.24) is 10.2 Å². The second-order valence-electron chi connectivity index (χ2n) is 8.32. The molecule has 1 fully saturated rings. The zero-order valence-electron chi connectivity index (χ0n) is 15.7. The van der Waals surface area contributed by atoms with Crippen LogP contribution in [0, 0.1) is 0 Å². The standard InChI is InChI=1S/C20H31BrN2O/c1-6-7-11-23(18(24)15-9-8-10-16(21)12-15)17-13-19(2,3)22-20(4,5)14-17/h8-10,12,17,22H,6-7,11,13-14H2,1-5H3. The highest BCUT2D eigenvalue weighted by molar-refractivity contribution is 9.10. The van der Waals surface area contributed by atoms with Gasteiger partial charge in [-0.1, -0.05) is 35.3 Å². The van der Waals surface area contributed by atoms with Gasteiger partial charge in [0.25, 0.3) is 5.91 Å². The summed E-state index contributed by atoms with van der Waals surface area (Å²) in [6.07, 6.45) is 4.12. The summed E-state index contributed by atoms with van der Waals surface area (Å²) in [4.78, 5) is 15.3. The Morgan fingerprint density at radius 2 is 1.88 bits per heavy atom. The maximum Gasteiger partial charge on any atom is 0.254 e. The number of piperidine rings is 1. The molecule has 2 rings (SSSR count). The Morgan fingerprint density at radius 3 is 2.42 bits per heavy atom. The number of carbonyl (C=O) groups is 1. The van der Waals surface area contributed by atoms with Gasteiger partial charge in [-0.2, -0.15) is 0 Å². The second kappa shape index (κ2) is 7.57. The Labute approximate surface area is 155 Å². The van der Waals surface area contributed by atoms with Gasteiger partial charge in [-0.25, -0.2) is 0 Å². The smallest absolute Gasteiger partial charge is 0.254 e. The molecule has 4 heteroatoms. The van der Waals surface area contributed by atoms with Gasteiger partial charge in [0.05, 0.1) is 0 Å². The molecule has 24 heavy (non-hydrogen) atoms. The highest BCUT2D eigenvalue weighted by Gasteiger charge is 2.41. The molecule has 1 amide bonds. The van der Waals surface area contributed by atoms with Gasteiger partial charge in [-0.15, -0.1) is 0 Å². The highest BCUT2D eigenvalue weighted by atomic mass is 79.9. The summed E-state index contributed by atoms with van der Waals surface area (Å²) in [6, 6.07) is 8.02. The number of benzene rings is 1. The minimum Gasteiger partial charge on any atom is -0.336 e. The maximum absolute atomic E-state index is 13.2. The van der Waals surface area contributed by atoms with Crippen molar-refractivity contribution in [2.45, 2.75) is 77.4 Å². The normalized spacial score (nSPS) is 19.9. The van der Waals surface area contributed by atoms with Crippen molar-refractivity contribution in [2.24, 2.45) is 0 Å². The van der Waals surface area contributed by atoms with Crippen LogP contribution in [0.15, 0.2) is 28.7 Å². The molecule has 1 saturated heterocycles. The fraction of sp³-hybridized carbons (Fsp3) is 0.650. The second-order valence-corrected chi connectivity index (χ2v) is 9.23. The molecule has 134 valence electrons. The number of hydrogen-bond donors (Lipinski definition) is 1. The molecule has 0 atom stereocenters. The number of rotatable bonds is 5. The number of hydrogen-bond acceptors (Lipinski definition) is 2. The summed E-state index contributed by atoms with van der Waals surface area (Å²) in [7, 11) is 0. The molecule has 0 saturated carbocycles. The first kappa shape index (κ1) is 19.5. The Balaban J connectivity index is 2.28. The summed E-state index contributed by atoms with van der Waals surface area (Å²) in [6.45, 7) is 12.0. The summed E-state index contributed by atoms with van der Waals surface area (Å²) in [5.41, 5.74) is 0.845. The van der Waals surface area contributed by atoms with E-state index in [1.54, 1.807) is 0 Å². The fourth-order valence-corrected chi connectivity index (χ4v) is 4.45. The Morgan fingerprint density at radius 1 is 1.25 bits per heavy atom. The van der Waals surface area contributed by atoms with Crippen LogP contribution in [0.2, 0.25) is 0 Å². The molecular formula is C20H31BrN2O.